The van der Waals surface area contributed by atoms with Gasteiger partial charge in [-0.2, -0.15) is 0 Å². The van der Waals surface area contributed by atoms with Gasteiger partial charge in [0, 0.05) is 18.7 Å². The van der Waals surface area contributed by atoms with Gasteiger partial charge in [0.05, 0.1) is 12.6 Å². The van der Waals surface area contributed by atoms with Crippen LogP contribution in [0.5, 0.6) is 5.75 Å². The molecule has 0 saturated heterocycles. The zero-order chi connectivity index (χ0) is 14.9. The van der Waals surface area contributed by atoms with Crippen molar-refractivity contribution < 1.29 is 4.74 Å². The molecular weight excluding hydrogens is 389 g/mol. The van der Waals surface area contributed by atoms with E-state index in [1.165, 1.54) is 19.3 Å². The van der Waals surface area contributed by atoms with Crippen LogP contribution in [-0.2, 0) is 6.54 Å². The van der Waals surface area contributed by atoms with Crippen molar-refractivity contribution in [2.75, 3.05) is 13.1 Å². The van der Waals surface area contributed by atoms with Gasteiger partial charge < -0.3 is 15.4 Å². The summed E-state index contributed by atoms with van der Waals surface area (Å²) in [6.07, 6.45) is 5.83. The highest BCUT2D eigenvalue weighted by molar-refractivity contribution is 14.0. The SMILES string of the molecule is C=CCNC(=NCc1ccccc1OC1CCC1)NCC.I. The Kier molecular flexibility index (Phi) is 8.96. The van der Waals surface area contributed by atoms with Crippen molar-refractivity contribution in [1.82, 2.24) is 10.6 Å². The highest BCUT2D eigenvalue weighted by atomic mass is 127. The topological polar surface area (TPSA) is 45.7 Å². The van der Waals surface area contributed by atoms with Crippen LogP contribution >= 0.6 is 24.0 Å². The zero-order valence-corrected chi connectivity index (χ0v) is 15.5. The van der Waals surface area contributed by atoms with Crippen LogP contribution in [0.25, 0.3) is 0 Å². The van der Waals surface area contributed by atoms with Gasteiger partial charge in [-0.15, -0.1) is 30.6 Å². The number of nitrogens with zero attached hydrogens (tertiary/aromatic N) is 1. The van der Waals surface area contributed by atoms with Gasteiger partial charge in [-0.05, 0) is 32.3 Å². The van der Waals surface area contributed by atoms with Gasteiger partial charge in [-0.3, -0.25) is 0 Å². The van der Waals surface area contributed by atoms with Crippen LogP contribution in [-0.4, -0.2) is 25.2 Å². The fraction of sp³-hybridized carbons (Fsp3) is 0.471. The summed E-state index contributed by atoms with van der Waals surface area (Å²) in [4.78, 5) is 4.60. The maximum atomic E-state index is 6.03. The second kappa shape index (κ2) is 10.5. The number of ether oxygens (including phenoxy) is 1. The molecule has 1 saturated carbocycles. The third-order valence-electron chi connectivity index (χ3n) is 3.48. The van der Waals surface area contributed by atoms with Crippen molar-refractivity contribution in [3.63, 3.8) is 0 Å². The molecule has 0 aliphatic heterocycles. The summed E-state index contributed by atoms with van der Waals surface area (Å²) in [5, 5.41) is 6.42. The van der Waals surface area contributed by atoms with E-state index in [9.17, 15) is 0 Å². The molecular formula is C17H26IN3O. The largest absolute Gasteiger partial charge is 0.490 e. The summed E-state index contributed by atoms with van der Waals surface area (Å²) in [6, 6.07) is 8.16. The summed E-state index contributed by atoms with van der Waals surface area (Å²) in [7, 11) is 0. The molecule has 1 aromatic carbocycles. The van der Waals surface area contributed by atoms with Crippen LogP contribution < -0.4 is 15.4 Å². The minimum absolute atomic E-state index is 0. The number of hydrogen-bond acceptors (Lipinski definition) is 2. The standard InChI is InChI=1S/C17H25N3O.HI/c1-3-12-19-17(18-4-2)20-13-14-8-5-6-11-16(14)21-15-9-7-10-15;/h3,5-6,8,11,15H,1,4,7,9-10,12-13H2,2H3,(H2,18,19,20);1H. The van der Waals surface area contributed by atoms with Crippen LogP contribution in [0.1, 0.15) is 31.7 Å². The van der Waals surface area contributed by atoms with E-state index in [2.05, 4.69) is 35.2 Å². The number of nitrogens with one attached hydrogen (secondary N) is 2. The molecule has 0 aromatic heterocycles. The third kappa shape index (κ3) is 5.87. The molecule has 1 aromatic rings. The highest BCUT2D eigenvalue weighted by Crippen LogP contribution is 2.27. The molecule has 0 bridgehead atoms. The lowest BCUT2D eigenvalue weighted by Crippen LogP contribution is -2.37. The van der Waals surface area contributed by atoms with Gasteiger partial charge in [0.25, 0.3) is 0 Å². The smallest absolute Gasteiger partial charge is 0.191 e. The van der Waals surface area contributed by atoms with E-state index in [-0.39, 0.29) is 24.0 Å². The summed E-state index contributed by atoms with van der Waals surface area (Å²) in [5.74, 6) is 1.77. The molecule has 0 spiro atoms. The predicted octanol–water partition coefficient (Wildman–Crippen LogP) is 3.48. The van der Waals surface area contributed by atoms with E-state index >= 15 is 0 Å². The molecule has 0 heterocycles. The number of para-hydroxylation sites is 1. The van der Waals surface area contributed by atoms with Crippen molar-refractivity contribution in [1.29, 1.82) is 0 Å². The van der Waals surface area contributed by atoms with E-state index in [0.29, 0.717) is 19.2 Å². The summed E-state index contributed by atoms with van der Waals surface area (Å²) < 4.78 is 6.03. The molecule has 0 amide bonds. The van der Waals surface area contributed by atoms with Crippen LogP contribution in [0.3, 0.4) is 0 Å². The van der Waals surface area contributed by atoms with E-state index in [1.807, 2.05) is 24.3 Å². The minimum atomic E-state index is 0. The van der Waals surface area contributed by atoms with Crippen molar-refractivity contribution in [2.24, 2.45) is 4.99 Å². The molecule has 5 heteroatoms. The molecule has 1 aliphatic carbocycles. The number of hydrogen-bond donors (Lipinski definition) is 2. The fourth-order valence-electron chi connectivity index (χ4n) is 2.09. The lowest BCUT2D eigenvalue weighted by atomic mass is 9.96. The lowest BCUT2D eigenvalue weighted by Gasteiger charge is -2.27. The summed E-state index contributed by atoms with van der Waals surface area (Å²) in [5.41, 5.74) is 1.13. The zero-order valence-electron chi connectivity index (χ0n) is 13.2. The molecule has 2 N–H and O–H groups in total. The molecule has 122 valence electrons. The van der Waals surface area contributed by atoms with Crippen molar-refractivity contribution >= 4 is 29.9 Å². The molecule has 0 unspecified atom stereocenters. The predicted molar refractivity (Wildman–Crippen MR) is 103 cm³/mol. The maximum absolute atomic E-state index is 6.03. The first-order valence-corrected chi connectivity index (χ1v) is 7.71. The van der Waals surface area contributed by atoms with Gasteiger partial charge in [0.2, 0.25) is 0 Å². The maximum Gasteiger partial charge on any atom is 0.191 e. The number of rotatable bonds is 7. The Morgan fingerprint density at radius 1 is 1.36 bits per heavy atom. The van der Waals surface area contributed by atoms with E-state index in [4.69, 9.17) is 4.74 Å². The second-order valence-electron chi connectivity index (χ2n) is 5.14. The Hall–Kier alpha value is -1.24. The first-order chi connectivity index (χ1) is 10.3. The molecule has 0 atom stereocenters. The first-order valence-electron chi connectivity index (χ1n) is 7.71. The fourth-order valence-corrected chi connectivity index (χ4v) is 2.09. The normalized spacial score (nSPS) is 14.5. The Bertz CT molecular complexity index is 487. The Balaban J connectivity index is 0.00000242. The third-order valence-corrected chi connectivity index (χ3v) is 3.48. The Morgan fingerprint density at radius 2 is 2.14 bits per heavy atom. The average Bonchev–Trinajstić information content (AvgIpc) is 2.47. The van der Waals surface area contributed by atoms with Crippen molar-refractivity contribution in [3.05, 3.63) is 42.5 Å². The first kappa shape index (κ1) is 18.8. The average molecular weight is 415 g/mol. The highest BCUT2D eigenvalue weighted by Gasteiger charge is 2.20. The molecule has 1 aliphatic rings. The molecule has 2 rings (SSSR count). The Morgan fingerprint density at radius 3 is 2.77 bits per heavy atom. The van der Waals surface area contributed by atoms with Crippen molar-refractivity contribution in [2.45, 2.75) is 38.8 Å². The lowest BCUT2D eigenvalue weighted by molar-refractivity contribution is 0.119. The molecule has 4 nitrogen and oxygen atoms in total. The number of benzene rings is 1. The Labute approximate surface area is 150 Å². The van der Waals surface area contributed by atoms with E-state index in [1.54, 1.807) is 0 Å². The van der Waals surface area contributed by atoms with E-state index < -0.39 is 0 Å². The molecule has 0 radical (unpaired) electrons. The number of aliphatic imine (C=N–C) groups is 1. The monoisotopic (exact) mass is 415 g/mol. The van der Waals surface area contributed by atoms with Crippen molar-refractivity contribution in [3.8, 4) is 5.75 Å². The van der Waals surface area contributed by atoms with Crippen LogP contribution in [0, 0.1) is 0 Å². The van der Waals surface area contributed by atoms with Gasteiger partial charge in [-0.1, -0.05) is 24.3 Å². The quantitative estimate of drug-likeness (QED) is 0.310. The molecule has 22 heavy (non-hydrogen) atoms. The molecule has 1 fully saturated rings. The number of guanidine groups is 1. The van der Waals surface area contributed by atoms with Crippen LogP contribution in [0.2, 0.25) is 0 Å². The van der Waals surface area contributed by atoms with Gasteiger partial charge in [0.1, 0.15) is 5.75 Å². The summed E-state index contributed by atoms with van der Waals surface area (Å²) >= 11 is 0. The van der Waals surface area contributed by atoms with E-state index in [0.717, 1.165) is 23.8 Å². The number of halogens is 1. The second-order valence-corrected chi connectivity index (χ2v) is 5.14. The van der Waals surface area contributed by atoms with Gasteiger partial charge >= 0.3 is 0 Å². The van der Waals surface area contributed by atoms with Crippen LogP contribution in [0.4, 0.5) is 0 Å². The van der Waals surface area contributed by atoms with Gasteiger partial charge in [0.15, 0.2) is 5.96 Å². The van der Waals surface area contributed by atoms with Gasteiger partial charge in [-0.25, -0.2) is 4.99 Å². The minimum Gasteiger partial charge on any atom is -0.490 e. The van der Waals surface area contributed by atoms with Crippen LogP contribution in [0.15, 0.2) is 41.9 Å². The summed E-state index contributed by atoms with van der Waals surface area (Å²) in [6.45, 7) is 7.91.